The van der Waals surface area contributed by atoms with Gasteiger partial charge in [0, 0.05) is 29.3 Å². The van der Waals surface area contributed by atoms with E-state index in [0.29, 0.717) is 6.04 Å². The summed E-state index contributed by atoms with van der Waals surface area (Å²) < 4.78 is 1.21. The predicted octanol–water partition coefficient (Wildman–Crippen LogP) is 4.21. The first-order chi connectivity index (χ1) is 9.02. The van der Waals surface area contributed by atoms with Crippen LogP contribution in [0.1, 0.15) is 39.3 Å². The minimum absolute atomic E-state index is 0.393. The molecule has 106 valence electrons. The SMILES string of the molecule is CCNC(C)c1ccc(N2CC(C)C(C)C2)cc1Br. The van der Waals surface area contributed by atoms with Crippen LogP contribution in [0.4, 0.5) is 5.69 Å². The molecule has 3 atom stereocenters. The topological polar surface area (TPSA) is 15.3 Å². The maximum absolute atomic E-state index is 3.73. The van der Waals surface area contributed by atoms with Gasteiger partial charge in [0.2, 0.25) is 0 Å². The highest BCUT2D eigenvalue weighted by molar-refractivity contribution is 9.10. The maximum Gasteiger partial charge on any atom is 0.0377 e. The third kappa shape index (κ3) is 3.32. The highest BCUT2D eigenvalue weighted by Gasteiger charge is 2.26. The second-order valence-electron chi connectivity index (χ2n) is 5.84. The van der Waals surface area contributed by atoms with Crippen LogP contribution < -0.4 is 10.2 Å². The fourth-order valence-electron chi connectivity index (χ4n) is 2.82. The molecule has 3 heteroatoms. The second-order valence-corrected chi connectivity index (χ2v) is 6.70. The molecule has 0 amide bonds. The number of rotatable bonds is 4. The monoisotopic (exact) mass is 324 g/mol. The van der Waals surface area contributed by atoms with E-state index >= 15 is 0 Å². The molecule has 0 radical (unpaired) electrons. The van der Waals surface area contributed by atoms with Crippen LogP contribution in [0.25, 0.3) is 0 Å². The molecule has 1 fully saturated rings. The Hall–Kier alpha value is -0.540. The fraction of sp³-hybridized carbons (Fsp3) is 0.625. The summed E-state index contributed by atoms with van der Waals surface area (Å²) in [4.78, 5) is 2.50. The van der Waals surface area contributed by atoms with E-state index in [9.17, 15) is 0 Å². The van der Waals surface area contributed by atoms with Crippen molar-refractivity contribution < 1.29 is 0 Å². The van der Waals surface area contributed by atoms with Gasteiger partial charge in [-0.25, -0.2) is 0 Å². The Balaban J connectivity index is 2.15. The van der Waals surface area contributed by atoms with E-state index in [1.807, 2.05) is 0 Å². The number of halogens is 1. The van der Waals surface area contributed by atoms with Crippen LogP contribution in [0, 0.1) is 11.8 Å². The molecule has 0 saturated carbocycles. The first-order valence-corrected chi connectivity index (χ1v) is 8.10. The minimum Gasteiger partial charge on any atom is -0.371 e. The van der Waals surface area contributed by atoms with Gasteiger partial charge in [-0.1, -0.05) is 42.8 Å². The van der Waals surface area contributed by atoms with E-state index < -0.39 is 0 Å². The molecule has 1 aliphatic rings. The quantitative estimate of drug-likeness (QED) is 0.892. The summed E-state index contributed by atoms with van der Waals surface area (Å²) in [6.07, 6.45) is 0. The summed E-state index contributed by atoms with van der Waals surface area (Å²) >= 11 is 3.73. The van der Waals surface area contributed by atoms with Crippen LogP contribution in [0.3, 0.4) is 0 Å². The van der Waals surface area contributed by atoms with Crippen LogP contribution >= 0.6 is 15.9 Å². The molecule has 1 aromatic rings. The van der Waals surface area contributed by atoms with E-state index in [4.69, 9.17) is 0 Å². The van der Waals surface area contributed by atoms with E-state index in [1.54, 1.807) is 0 Å². The van der Waals surface area contributed by atoms with Gasteiger partial charge in [0.15, 0.2) is 0 Å². The molecule has 1 aromatic carbocycles. The van der Waals surface area contributed by atoms with Crippen molar-refractivity contribution in [1.29, 1.82) is 0 Å². The predicted molar refractivity (Wildman–Crippen MR) is 86.8 cm³/mol. The van der Waals surface area contributed by atoms with Gasteiger partial charge in [0.1, 0.15) is 0 Å². The molecule has 0 spiro atoms. The molecule has 0 aliphatic carbocycles. The number of nitrogens with one attached hydrogen (secondary N) is 1. The summed E-state index contributed by atoms with van der Waals surface area (Å²) in [5.41, 5.74) is 2.68. The lowest BCUT2D eigenvalue weighted by molar-refractivity contribution is 0.494. The smallest absolute Gasteiger partial charge is 0.0377 e. The van der Waals surface area contributed by atoms with E-state index in [1.165, 1.54) is 28.8 Å². The number of benzene rings is 1. The summed E-state index contributed by atoms with van der Waals surface area (Å²) in [6, 6.07) is 7.18. The third-order valence-corrected chi connectivity index (χ3v) is 5.00. The van der Waals surface area contributed by atoms with Gasteiger partial charge in [-0.05, 0) is 43.0 Å². The van der Waals surface area contributed by atoms with Gasteiger partial charge in [-0.15, -0.1) is 0 Å². The molecule has 2 rings (SSSR count). The van der Waals surface area contributed by atoms with Crippen LogP contribution in [-0.4, -0.2) is 19.6 Å². The normalized spacial score (nSPS) is 24.8. The molecular weight excluding hydrogens is 300 g/mol. The van der Waals surface area contributed by atoms with Crippen molar-refractivity contribution in [3.63, 3.8) is 0 Å². The summed E-state index contributed by atoms with van der Waals surface area (Å²) in [6.45, 7) is 12.4. The number of hydrogen-bond donors (Lipinski definition) is 1. The number of anilines is 1. The van der Waals surface area contributed by atoms with Crippen molar-refractivity contribution in [2.75, 3.05) is 24.5 Å². The average molecular weight is 325 g/mol. The standard InChI is InChI=1S/C16H25BrN2/c1-5-18-13(4)15-7-6-14(8-16(15)17)19-9-11(2)12(3)10-19/h6-8,11-13,18H,5,9-10H2,1-4H3. The van der Waals surface area contributed by atoms with E-state index in [-0.39, 0.29) is 0 Å². The maximum atomic E-state index is 3.73. The molecule has 0 bridgehead atoms. The highest BCUT2D eigenvalue weighted by Crippen LogP contribution is 2.32. The molecule has 19 heavy (non-hydrogen) atoms. The van der Waals surface area contributed by atoms with Crippen LogP contribution in [0.5, 0.6) is 0 Å². The molecule has 1 N–H and O–H groups in total. The first-order valence-electron chi connectivity index (χ1n) is 7.30. The number of nitrogens with zero attached hydrogens (tertiary/aromatic N) is 1. The molecule has 1 aliphatic heterocycles. The Labute approximate surface area is 125 Å². The van der Waals surface area contributed by atoms with Crippen LogP contribution in [0.15, 0.2) is 22.7 Å². The molecule has 1 saturated heterocycles. The summed E-state index contributed by atoms with van der Waals surface area (Å²) in [7, 11) is 0. The largest absolute Gasteiger partial charge is 0.371 e. The Kier molecular flexibility index (Phi) is 4.91. The van der Waals surface area contributed by atoms with Crippen molar-refractivity contribution in [3.8, 4) is 0 Å². The minimum atomic E-state index is 0.393. The van der Waals surface area contributed by atoms with Gasteiger partial charge in [-0.3, -0.25) is 0 Å². The lowest BCUT2D eigenvalue weighted by Gasteiger charge is -2.21. The number of hydrogen-bond acceptors (Lipinski definition) is 2. The third-order valence-electron chi connectivity index (χ3n) is 4.31. The molecule has 2 nitrogen and oxygen atoms in total. The zero-order chi connectivity index (χ0) is 14.0. The fourth-order valence-corrected chi connectivity index (χ4v) is 3.53. The lowest BCUT2D eigenvalue weighted by Crippen LogP contribution is -2.21. The van der Waals surface area contributed by atoms with Crippen molar-refractivity contribution >= 4 is 21.6 Å². The lowest BCUT2D eigenvalue weighted by atomic mass is 10.0. The van der Waals surface area contributed by atoms with E-state index in [2.05, 4.69) is 72.0 Å². The van der Waals surface area contributed by atoms with Gasteiger partial charge in [0.25, 0.3) is 0 Å². The summed E-state index contributed by atoms with van der Waals surface area (Å²) in [5.74, 6) is 1.58. The Morgan fingerprint density at radius 1 is 1.32 bits per heavy atom. The average Bonchev–Trinajstić information content (AvgIpc) is 2.69. The van der Waals surface area contributed by atoms with Gasteiger partial charge in [-0.2, -0.15) is 0 Å². The van der Waals surface area contributed by atoms with Crippen molar-refractivity contribution in [2.45, 2.75) is 33.7 Å². The molecule has 3 unspecified atom stereocenters. The Bertz CT molecular complexity index is 423. The van der Waals surface area contributed by atoms with Crippen molar-refractivity contribution in [2.24, 2.45) is 11.8 Å². The van der Waals surface area contributed by atoms with Gasteiger partial charge in [0.05, 0.1) is 0 Å². The molecule has 0 aromatic heterocycles. The van der Waals surface area contributed by atoms with Gasteiger partial charge >= 0.3 is 0 Å². The highest BCUT2D eigenvalue weighted by atomic mass is 79.9. The van der Waals surface area contributed by atoms with Crippen LogP contribution in [-0.2, 0) is 0 Å². The van der Waals surface area contributed by atoms with Gasteiger partial charge < -0.3 is 10.2 Å². The zero-order valence-electron chi connectivity index (χ0n) is 12.4. The van der Waals surface area contributed by atoms with Crippen molar-refractivity contribution in [1.82, 2.24) is 5.32 Å². The Morgan fingerprint density at radius 2 is 1.95 bits per heavy atom. The summed E-state index contributed by atoms with van der Waals surface area (Å²) in [5, 5.41) is 3.46. The molecular formula is C16H25BrN2. The van der Waals surface area contributed by atoms with Crippen molar-refractivity contribution in [3.05, 3.63) is 28.2 Å². The first kappa shape index (κ1) is 14.9. The second kappa shape index (κ2) is 6.27. The van der Waals surface area contributed by atoms with E-state index in [0.717, 1.165) is 18.4 Å². The zero-order valence-corrected chi connectivity index (χ0v) is 14.0. The Morgan fingerprint density at radius 3 is 2.47 bits per heavy atom. The molecule has 1 heterocycles. The van der Waals surface area contributed by atoms with Crippen LogP contribution in [0.2, 0.25) is 0 Å².